The van der Waals surface area contributed by atoms with Gasteiger partial charge >= 0.3 is 6.18 Å². The van der Waals surface area contributed by atoms with Gasteiger partial charge in [0.05, 0.1) is 16.3 Å². The van der Waals surface area contributed by atoms with Gasteiger partial charge in [0.25, 0.3) is 10.0 Å². The molecule has 6 nitrogen and oxygen atoms in total. The fourth-order valence-corrected chi connectivity index (χ4v) is 4.57. The summed E-state index contributed by atoms with van der Waals surface area (Å²) in [5.74, 6) is -0.146. The first-order chi connectivity index (χ1) is 15.5. The number of benzene rings is 1. The Bertz CT molecular complexity index is 1420. The van der Waals surface area contributed by atoms with E-state index in [9.17, 15) is 21.6 Å². The van der Waals surface area contributed by atoms with Gasteiger partial charge in [0.1, 0.15) is 0 Å². The summed E-state index contributed by atoms with van der Waals surface area (Å²) in [7, 11) is -4.14. The van der Waals surface area contributed by atoms with Crippen molar-refractivity contribution in [2.24, 2.45) is 0 Å². The van der Waals surface area contributed by atoms with Gasteiger partial charge in [-0.3, -0.25) is 14.3 Å². The molecule has 3 aromatic heterocycles. The number of hydrogen-bond acceptors (Lipinski definition) is 4. The minimum Gasteiger partial charge on any atom is -0.289 e. The Balaban J connectivity index is 1.66. The number of hydrogen-bond donors (Lipinski definition) is 1. The van der Waals surface area contributed by atoms with Crippen molar-refractivity contribution >= 4 is 27.3 Å². The fraction of sp³-hybridized carbons (Fsp3) is 0.0909. The highest BCUT2D eigenvalue weighted by Crippen LogP contribution is 2.33. The molecule has 0 atom stereocenters. The van der Waals surface area contributed by atoms with Crippen molar-refractivity contribution < 1.29 is 21.6 Å². The number of sulfonamides is 1. The van der Waals surface area contributed by atoms with Gasteiger partial charge in [-0.1, -0.05) is 29.8 Å². The Labute approximate surface area is 192 Å². The molecule has 0 spiro atoms. The number of nitrogens with one attached hydrogen (secondary N) is 1. The number of nitrogens with zero attached hydrogens (tertiary/aromatic N) is 3. The second-order valence-corrected chi connectivity index (χ2v) is 9.19. The van der Waals surface area contributed by atoms with E-state index in [2.05, 4.69) is 14.7 Å². The van der Waals surface area contributed by atoms with Crippen LogP contribution in [0.1, 0.15) is 11.1 Å². The monoisotopic (exact) mass is 492 g/mol. The lowest BCUT2D eigenvalue weighted by atomic mass is 10.1. The van der Waals surface area contributed by atoms with Crippen LogP contribution < -0.4 is 4.72 Å². The molecule has 0 fully saturated rings. The highest BCUT2D eigenvalue weighted by Gasteiger charge is 2.32. The Morgan fingerprint density at radius 1 is 1.00 bits per heavy atom. The summed E-state index contributed by atoms with van der Waals surface area (Å²) >= 11 is 6.00. The van der Waals surface area contributed by atoms with E-state index in [1.165, 1.54) is 18.3 Å². The topological polar surface area (TPSA) is 76.9 Å². The van der Waals surface area contributed by atoms with E-state index in [0.29, 0.717) is 23.5 Å². The normalized spacial score (nSPS) is 12.0. The minimum atomic E-state index is -4.63. The van der Waals surface area contributed by atoms with E-state index in [4.69, 9.17) is 11.6 Å². The number of aromatic nitrogens is 3. The van der Waals surface area contributed by atoms with Crippen LogP contribution in [-0.4, -0.2) is 23.0 Å². The fourth-order valence-electron chi connectivity index (χ4n) is 3.11. The molecule has 0 amide bonds. The van der Waals surface area contributed by atoms with Crippen LogP contribution in [0.5, 0.6) is 0 Å². The molecule has 1 aromatic carbocycles. The average Bonchev–Trinajstić information content (AvgIpc) is 3.24. The van der Waals surface area contributed by atoms with Crippen LogP contribution in [-0.2, 0) is 16.2 Å². The van der Waals surface area contributed by atoms with Crippen molar-refractivity contribution in [2.75, 3.05) is 4.72 Å². The maximum atomic E-state index is 13.1. The zero-order valence-corrected chi connectivity index (χ0v) is 18.6. The van der Waals surface area contributed by atoms with Crippen molar-refractivity contribution in [2.45, 2.75) is 18.1 Å². The van der Waals surface area contributed by atoms with Crippen LogP contribution in [0, 0.1) is 6.92 Å². The first-order valence-electron chi connectivity index (χ1n) is 9.51. The number of pyridine rings is 2. The molecule has 11 heteroatoms. The lowest BCUT2D eigenvalue weighted by Crippen LogP contribution is -2.17. The lowest BCUT2D eigenvalue weighted by molar-refractivity contribution is -0.137. The predicted octanol–water partition coefficient (Wildman–Crippen LogP) is 5.72. The van der Waals surface area contributed by atoms with Gasteiger partial charge in [0.15, 0.2) is 10.8 Å². The Hall–Kier alpha value is -3.37. The Kier molecular flexibility index (Phi) is 5.89. The first-order valence-corrected chi connectivity index (χ1v) is 11.4. The molecule has 170 valence electrons. The van der Waals surface area contributed by atoms with Crippen LogP contribution in [0.2, 0.25) is 5.02 Å². The van der Waals surface area contributed by atoms with Crippen molar-refractivity contribution in [3.63, 3.8) is 0 Å². The molecule has 4 aromatic rings. The largest absolute Gasteiger partial charge is 0.417 e. The van der Waals surface area contributed by atoms with E-state index in [1.807, 2.05) is 19.1 Å². The summed E-state index contributed by atoms with van der Waals surface area (Å²) in [5.41, 5.74) is 1.62. The van der Waals surface area contributed by atoms with Gasteiger partial charge in [0.2, 0.25) is 0 Å². The van der Waals surface area contributed by atoms with E-state index in [0.717, 1.165) is 10.1 Å². The number of rotatable bonds is 5. The van der Waals surface area contributed by atoms with E-state index in [1.54, 1.807) is 30.5 Å². The lowest BCUT2D eigenvalue weighted by Gasteiger charge is -2.14. The summed E-state index contributed by atoms with van der Waals surface area (Å²) < 4.78 is 68.5. The molecule has 0 radical (unpaired) electrons. The molecular weight excluding hydrogens is 477 g/mol. The summed E-state index contributed by atoms with van der Waals surface area (Å²) in [5, 5.41) is -0.583. The van der Waals surface area contributed by atoms with Gasteiger partial charge < -0.3 is 0 Å². The summed E-state index contributed by atoms with van der Waals surface area (Å²) in [4.78, 5) is 8.08. The standard InChI is InChI=1S/C22H16ClF3N4O2S/c1-14-7-8-19(27-12-14)15-4-2-5-17(10-15)29-33(31,32)20-6-3-9-30(20)21-18(23)11-16(13-28-21)22(24,25)26/h2-13,29H,1H3. The van der Waals surface area contributed by atoms with Crippen molar-refractivity contribution in [3.05, 3.63) is 89.3 Å². The zero-order chi connectivity index (χ0) is 23.8. The quantitative estimate of drug-likeness (QED) is 0.387. The maximum absolute atomic E-state index is 13.1. The molecule has 0 unspecified atom stereocenters. The smallest absolute Gasteiger partial charge is 0.289 e. The Morgan fingerprint density at radius 3 is 2.45 bits per heavy atom. The Morgan fingerprint density at radius 2 is 1.79 bits per heavy atom. The third kappa shape index (κ3) is 4.86. The highest BCUT2D eigenvalue weighted by atomic mass is 35.5. The summed E-state index contributed by atoms with van der Waals surface area (Å²) in [6, 6.07) is 13.8. The minimum absolute atomic E-state index is 0.146. The SMILES string of the molecule is Cc1ccc(-c2cccc(NS(=O)(=O)c3cccn3-c3ncc(C(F)(F)F)cc3Cl)c2)nc1. The van der Waals surface area contributed by atoms with Crippen LogP contribution in [0.3, 0.4) is 0 Å². The van der Waals surface area contributed by atoms with E-state index in [-0.39, 0.29) is 21.6 Å². The molecule has 4 rings (SSSR count). The highest BCUT2D eigenvalue weighted by molar-refractivity contribution is 7.92. The van der Waals surface area contributed by atoms with E-state index < -0.39 is 21.8 Å². The molecule has 0 bridgehead atoms. The van der Waals surface area contributed by atoms with Gasteiger partial charge in [-0.05, 0) is 48.9 Å². The summed E-state index contributed by atoms with van der Waals surface area (Å²) in [6.07, 6.45) is -0.967. The number of anilines is 1. The van der Waals surface area contributed by atoms with Gasteiger partial charge in [-0.25, -0.2) is 4.98 Å². The van der Waals surface area contributed by atoms with Crippen LogP contribution in [0.4, 0.5) is 18.9 Å². The van der Waals surface area contributed by atoms with Gasteiger partial charge in [-0.15, -0.1) is 0 Å². The number of halogens is 4. The van der Waals surface area contributed by atoms with Crippen molar-refractivity contribution in [3.8, 4) is 17.1 Å². The predicted molar refractivity (Wildman–Crippen MR) is 119 cm³/mol. The van der Waals surface area contributed by atoms with Gasteiger partial charge in [0, 0.05) is 29.8 Å². The van der Waals surface area contributed by atoms with Crippen LogP contribution in [0.25, 0.3) is 17.1 Å². The molecule has 3 heterocycles. The summed E-state index contributed by atoms with van der Waals surface area (Å²) in [6.45, 7) is 1.91. The molecule has 0 saturated carbocycles. The average molecular weight is 493 g/mol. The molecular formula is C22H16ClF3N4O2S. The molecule has 0 aliphatic rings. The maximum Gasteiger partial charge on any atom is 0.417 e. The van der Waals surface area contributed by atoms with Crippen LogP contribution in [0.15, 0.2) is 78.2 Å². The third-order valence-electron chi connectivity index (χ3n) is 4.69. The van der Waals surface area contributed by atoms with Crippen LogP contribution >= 0.6 is 11.6 Å². The first kappa shape index (κ1) is 22.8. The van der Waals surface area contributed by atoms with Gasteiger partial charge in [-0.2, -0.15) is 21.6 Å². The number of aryl methyl sites for hydroxylation is 1. The molecule has 0 saturated heterocycles. The number of alkyl halides is 3. The van der Waals surface area contributed by atoms with Crippen molar-refractivity contribution in [1.29, 1.82) is 0 Å². The molecule has 33 heavy (non-hydrogen) atoms. The van der Waals surface area contributed by atoms with Crippen molar-refractivity contribution in [1.82, 2.24) is 14.5 Å². The molecule has 1 N–H and O–H groups in total. The zero-order valence-electron chi connectivity index (χ0n) is 17.0. The second-order valence-electron chi connectivity index (χ2n) is 7.15. The van der Waals surface area contributed by atoms with E-state index >= 15 is 0 Å². The third-order valence-corrected chi connectivity index (χ3v) is 6.35. The molecule has 0 aliphatic carbocycles. The molecule has 0 aliphatic heterocycles. The second kappa shape index (κ2) is 8.53.